The summed E-state index contributed by atoms with van der Waals surface area (Å²) in [4.78, 5) is 0. The van der Waals surface area contributed by atoms with Crippen LogP contribution in [-0.2, 0) is 10.8 Å². The van der Waals surface area contributed by atoms with Crippen molar-refractivity contribution in [1.82, 2.24) is 0 Å². The van der Waals surface area contributed by atoms with Crippen LogP contribution in [0.1, 0.15) is 32.8 Å². The minimum atomic E-state index is -1.46. The standard InChI is InChI=1S/C26H20F2OS/c27-23-15-11-21(12-16-23)25(19-7-3-1-4-8-19)30(29)26(20-9-5-2-6-10-20)22-13-17-24(28)18-14-22/h1-18,25-26H. The molecule has 2 atom stereocenters. The van der Waals surface area contributed by atoms with Gasteiger partial charge in [-0.15, -0.1) is 0 Å². The van der Waals surface area contributed by atoms with Crippen LogP contribution in [0.15, 0.2) is 109 Å². The Morgan fingerprint density at radius 3 is 1.10 bits per heavy atom. The van der Waals surface area contributed by atoms with Gasteiger partial charge in [0.25, 0.3) is 0 Å². The number of halogens is 2. The molecule has 2 unspecified atom stereocenters. The van der Waals surface area contributed by atoms with Crippen LogP contribution < -0.4 is 0 Å². The van der Waals surface area contributed by atoms with Crippen molar-refractivity contribution in [3.8, 4) is 0 Å². The summed E-state index contributed by atoms with van der Waals surface area (Å²) in [6, 6.07) is 31.4. The minimum Gasteiger partial charge on any atom is -0.258 e. The predicted molar refractivity (Wildman–Crippen MR) is 118 cm³/mol. The van der Waals surface area contributed by atoms with Gasteiger partial charge in [-0.25, -0.2) is 8.78 Å². The number of rotatable bonds is 6. The second kappa shape index (κ2) is 9.14. The maximum atomic E-state index is 14.1. The van der Waals surface area contributed by atoms with E-state index in [0.717, 1.165) is 22.3 Å². The van der Waals surface area contributed by atoms with Gasteiger partial charge in [-0.1, -0.05) is 84.9 Å². The van der Waals surface area contributed by atoms with Crippen LogP contribution in [0.25, 0.3) is 0 Å². The lowest BCUT2D eigenvalue weighted by molar-refractivity contribution is 0.626. The van der Waals surface area contributed by atoms with Crippen molar-refractivity contribution in [2.45, 2.75) is 10.5 Å². The summed E-state index contributed by atoms with van der Waals surface area (Å²) in [6.07, 6.45) is 0. The third kappa shape index (κ3) is 4.39. The van der Waals surface area contributed by atoms with Gasteiger partial charge in [0.05, 0.1) is 10.5 Å². The quantitative estimate of drug-likeness (QED) is 0.345. The third-order valence-corrected chi connectivity index (χ3v) is 7.03. The lowest BCUT2D eigenvalue weighted by atomic mass is 10.0. The fraction of sp³-hybridized carbons (Fsp3) is 0.0769. The van der Waals surface area contributed by atoms with Crippen molar-refractivity contribution in [3.63, 3.8) is 0 Å². The normalized spacial score (nSPS) is 14.1. The van der Waals surface area contributed by atoms with E-state index in [9.17, 15) is 13.0 Å². The zero-order chi connectivity index (χ0) is 20.9. The summed E-state index contributed by atoms with van der Waals surface area (Å²) in [5, 5.41) is -0.941. The monoisotopic (exact) mass is 418 g/mol. The molecule has 0 aliphatic rings. The Morgan fingerprint density at radius 1 is 0.467 bits per heavy atom. The highest BCUT2D eigenvalue weighted by atomic mass is 32.2. The first-order valence-electron chi connectivity index (χ1n) is 9.63. The van der Waals surface area contributed by atoms with Gasteiger partial charge in [-0.3, -0.25) is 4.21 Å². The van der Waals surface area contributed by atoms with Crippen LogP contribution >= 0.6 is 0 Å². The van der Waals surface area contributed by atoms with E-state index in [1.165, 1.54) is 24.3 Å². The van der Waals surface area contributed by atoms with Gasteiger partial charge in [-0.05, 0) is 46.5 Å². The van der Waals surface area contributed by atoms with Crippen LogP contribution in [-0.4, -0.2) is 4.21 Å². The summed E-state index contributed by atoms with van der Waals surface area (Å²) in [7, 11) is -1.46. The van der Waals surface area contributed by atoms with E-state index in [0.29, 0.717) is 0 Å². The first-order valence-corrected chi connectivity index (χ1v) is 10.9. The highest BCUT2D eigenvalue weighted by molar-refractivity contribution is 7.86. The Kier molecular flexibility index (Phi) is 6.15. The van der Waals surface area contributed by atoms with Gasteiger partial charge in [0.1, 0.15) is 11.6 Å². The molecule has 0 N–H and O–H groups in total. The topological polar surface area (TPSA) is 17.1 Å². The number of benzene rings is 4. The van der Waals surface area contributed by atoms with Gasteiger partial charge in [0.2, 0.25) is 0 Å². The van der Waals surface area contributed by atoms with Gasteiger partial charge in [-0.2, -0.15) is 0 Å². The molecule has 4 rings (SSSR count). The summed E-state index contributed by atoms with van der Waals surface area (Å²) in [5.41, 5.74) is 3.30. The molecule has 4 aromatic carbocycles. The highest BCUT2D eigenvalue weighted by Crippen LogP contribution is 2.39. The molecule has 0 spiro atoms. The van der Waals surface area contributed by atoms with E-state index < -0.39 is 21.3 Å². The van der Waals surface area contributed by atoms with Gasteiger partial charge >= 0.3 is 0 Å². The average Bonchev–Trinajstić information content (AvgIpc) is 2.78. The average molecular weight is 419 g/mol. The van der Waals surface area contributed by atoms with E-state index in [4.69, 9.17) is 0 Å². The van der Waals surface area contributed by atoms with Crippen LogP contribution in [0.3, 0.4) is 0 Å². The molecule has 0 aromatic heterocycles. The number of hydrogen-bond donors (Lipinski definition) is 0. The SMILES string of the molecule is O=S(C(c1ccccc1)c1ccc(F)cc1)C(c1ccccc1)c1ccc(F)cc1. The van der Waals surface area contributed by atoms with Crippen LogP contribution in [0, 0.1) is 11.6 Å². The first-order chi connectivity index (χ1) is 14.6. The van der Waals surface area contributed by atoms with Crippen molar-refractivity contribution < 1.29 is 13.0 Å². The van der Waals surface area contributed by atoms with E-state index in [1.807, 2.05) is 60.7 Å². The number of hydrogen-bond acceptors (Lipinski definition) is 1. The molecule has 0 bridgehead atoms. The molecule has 1 nitrogen and oxygen atoms in total. The van der Waals surface area contributed by atoms with Crippen LogP contribution in [0.5, 0.6) is 0 Å². The van der Waals surface area contributed by atoms with E-state index in [1.54, 1.807) is 24.3 Å². The summed E-state index contributed by atoms with van der Waals surface area (Å²) in [6.45, 7) is 0. The van der Waals surface area contributed by atoms with Crippen LogP contribution in [0.4, 0.5) is 8.78 Å². The fourth-order valence-electron chi connectivity index (χ4n) is 3.59. The Labute approximate surface area is 177 Å². The van der Waals surface area contributed by atoms with Crippen LogP contribution in [0.2, 0.25) is 0 Å². The third-order valence-electron chi connectivity index (χ3n) is 5.01. The van der Waals surface area contributed by atoms with Crippen molar-refractivity contribution in [2.75, 3.05) is 0 Å². The van der Waals surface area contributed by atoms with E-state index in [2.05, 4.69) is 0 Å². The molecule has 30 heavy (non-hydrogen) atoms. The Hall–Kier alpha value is -3.11. The summed E-state index contributed by atoms with van der Waals surface area (Å²) >= 11 is 0. The maximum absolute atomic E-state index is 14.1. The summed E-state index contributed by atoms with van der Waals surface area (Å²) in [5.74, 6) is -0.677. The minimum absolute atomic E-state index is 0.338. The summed E-state index contributed by atoms with van der Waals surface area (Å²) < 4.78 is 41.3. The Bertz CT molecular complexity index is 1020. The lowest BCUT2D eigenvalue weighted by Crippen LogP contribution is -2.17. The molecular weight excluding hydrogens is 398 g/mol. The smallest absolute Gasteiger partial charge is 0.123 e. The second-order valence-electron chi connectivity index (χ2n) is 7.01. The van der Waals surface area contributed by atoms with Crippen molar-refractivity contribution >= 4 is 10.8 Å². The molecule has 4 aromatic rings. The molecule has 0 fully saturated rings. The molecule has 0 radical (unpaired) electrons. The molecular formula is C26H20F2OS. The highest BCUT2D eigenvalue weighted by Gasteiger charge is 2.30. The molecule has 0 aliphatic carbocycles. The molecule has 0 saturated carbocycles. The fourth-order valence-corrected chi connectivity index (χ4v) is 5.56. The van der Waals surface area contributed by atoms with E-state index in [-0.39, 0.29) is 11.6 Å². The maximum Gasteiger partial charge on any atom is 0.123 e. The zero-order valence-electron chi connectivity index (χ0n) is 16.1. The van der Waals surface area contributed by atoms with Gasteiger partial charge in [0, 0.05) is 10.8 Å². The molecule has 0 aliphatic heterocycles. The molecule has 0 amide bonds. The Morgan fingerprint density at radius 2 is 0.767 bits per heavy atom. The van der Waals surface area contributed by atoms with Crippen molar-refractivity contribution in [2.24, 2.45) is 0 Å². The lowest BCUT2D eigenvalue weighted by Gasteiger charge is -2.25. The molecule has 4 heteroatoms. The molecule has 0 saturated heterocycles. The predicted octanol–water partition coefficient (Wildman–Crippen LogP) is 6.59. The largest absolute Gasteiger partial charge is 0.258 e. The zero-order valence-corrected chi connectivity index (χ0v) is 16.9. The second-order valence-corrected chi connectivity index (χ2v) is 8.61. The first kappa shape index (κ1) is 20.2. The van der Waals surface area contributed by atoms with Gasteiger partial charge < -0.3 is 0 Å². The molecule has 150 valence electrons. The van der Waals surface area contributed by atoms with E-state index >= 15 is 0 Å². The van der Waals surface area contributed by atoms with Crippen molar-refractivity contribution in [3.05, 3.63) is 143 Å². The molecule has 0 heterocycles. The van der Waals surface area contributed by atoms with Gasteiger partial charge in [0.15, 0.2) is 0 Å². The Balaban J connectivity index is 1.86. The van der Waals surface area contributed by atoms with Crippen molar-refractivity contribution in [1.29, 1.82) is 0 Å².